The molecular weight excluding hydrogens is 325 g/mol. The van der Waals surface area contributed by atoms with E-state index in [1.165, 1.54) is 0 Å². The second kappa shape index (κ2) is 7.49. The Bertz CT molecular complexity index is 674. The van der Waals surface area contributed by atoms with Gasteiger partial charge in [-0.25, -0.2) is 0 Å². The summed E-state index contributed by atoms with van der Waals surface area (Å²) in [6.07, 6.45) is -0.596. The monoisotopic (exact) mass is 339 g/mol. The lowest BCUT2D eigenvalue weighted by molar-refractivity contribution is -0.118. The van der Waals surface area contributed by atoms with Crippen LogP contribution in [0.3, 0.4) is 0 Å². The fourth-order valence-corrected chi connectivity index (χ4v) is 2.27. The molecule has 0 heterocycles. The molecule has 0 aliphatic rings. The molecule has 0 fully saturated rings. The zero-order valence-electron chi connectivity index (χ0n) is 11.8. The molecule has 0 saturated heterocycles. The number of nitrogens with one attached hydrogen (secondary N) is 1. The molecule has 4 nitrogen and oxygen atoms in total. The number of ether oxygens (including phenoxy) is 1. The first-order valence-corrected chi connectivity index (χ1v) is 7.37. The Balaban J connectivity index is 1.94. The van der Waals surface area contributed by atoms with Gasteiger partial charge >= 0.3 is 0 Å². The molecule has 0 aliphatic heterocycles. The van der Waals surface area contributed by atoms with Crippen molar-refractivity contribution in [1.29, 1.82) is 0 Å². The van der Waals surface area contributed by atoms with Crippen LogP contribution in [-0.4, -0.2) is 17.6 Å². The molecule has 0 saturated carbocycles. The molecule has 2 aromatic carbocycles. The van der Waals surface area contributed by atoms with Crippen LogP contribution in [0.2, 0.25) is 10.0 Å². The predicted octanol–water partition coefficient (Wildman–Crippen LogP) is 4.06. The number of carbonyl (C=O) groups is 1. The number of amides is 1. The van der Waals surface area contributed by atoms with Crippen LogP contribution in [0, 0.1) is 0 Å². The molecule has 0 aliphatic carbocycles. The Morgan fingerprint density at radius 1 is 1.27 bits per heavy atom. The lowest BCUT2D eigenvalue weighted by Crippen LogP contribution is -2.20. The van der Waals surface area contributed by atoms with Crippen LogP contribution < -0.4 is 10.1 Å². The summed E-state index contributed by atoms with van der Waals surface area (Å²) >= 11 is 11.7. The van der Waals surface area contributed by atoms with Gasteiger partial charge in [-0.05, 0) is 42.8 Å². The van der Waals surface area contributed by atoms with E-state index in [-0.39, 0.29) is 12.5 Å². The van der Waals surface area contributed by atoms with Gasteiger partial charge in [-0.15, -0.1) is 0 Å². The first kappa shape index (κ1) is 16.6. The molecule has 22 heavy (non-hydrogen) atoms. The summed E-state index contributed by atoms with van der Waals surface area (Å²) in [4.78, 5) is 11.9. The Morgan fingerprint density at radius 2 is 2.05 bits per heavy atom. The molecule has 0 aromatic heterocycles. The van der Waals surface area contributed by atoms with Crippen LogP contribution in [0.4, 0.5) is 5.69 Å². The van der Waals surface area contributed by atoms with Crippen molar-refractivity contribution in [2.24, 2.45) is 0 Å². The average molecular weight is 340 g/mol. The molecule has 1 atom stereocenters. The summed E-state index contributed by atoms with van der Waals surface area (Å²) in [6.45, 7) is 1.48. The van der Waals surface area contributed by atoms with Crippen LogP contribution in [-0.2, 0) is 4.79 Å². The summed E-state index contributed by atoms with van der Waals surface area (Å²) in [6, 6.07) is 11.8. The maximum absolute atomic E-state index is 11.9. The Morgan fingerprint density at radius 3 is 2.73 bits per heavy atom. The zero-order chi connectivity index (χ0) is 16.1. The van der Waals surface area contributed by atoms with Gasteiger partial charge in [0.25, 0.3) is 5.91 Å². The van der Waals surface area contributed by atoms with Gasteiger partial charge < -0.3 is 15.2 Å². The average Bonchev–Trinajstić information content (AvgIpc) is 2.46. The fourth-order valence-electron chi connectivity index (χ4n) is 1.81. The van der Waals surface area contributed by atoms with E-state index in [9.17, 15) is 9.90 Å². The molecule has 2 N–H and O–H groups in total. The summed E-state index contributed by atoms with van der Waals surface area (Å²) in [7, 11) is 0. The smallest absolute Gasteiger partial charge is 0.262 e. The van der Waals surface area contributed by atoms with Crippen molar-refractivity contribution < 1.29 is 14.6 Å². The first-order valence-electron chi connectivity index (χ1n) is 6.61. The second-order valence-corrected chi connectivity index (χ2v) is 5.56. The molecule has 116 valence electrons. The predicted molar refractivity (Wildman–Crippen MR) is 87.7 cm³/mol. The quantitative estimate of drug-likeness (QED) is 0.863. The minimum absolute atomic E-state index is 0.180. The van der Waals surface area contributed by atoms with E-state index in [0.29, 0.717) is 21.5 Å². The maximum atomic E-state index is 11.9. The van der Waals surface area contributed by atoms with Gasteiger partial charge in [0.05, 0.1) is 11.1 Å². The third-order valence-electron chi connectivity index (χ3n) is 2.91. The number of aliphatic hydroxyl groups is 1. The first-order chi connectivity index (χ1) is 10.5. The van der Waals surface area contributed by atoms with Crippen molar-refractivity contribution in [3.63, 3.8) is 0 Å². The van der Waals surface area contributed by atoms with Gasteiger partial charge in [0, 0.05) is 10.7 Å². The number of hydrogen-bond acceptors (Lipinski definition) is 3. The van der Waals surface area contributed by atoms with E-state index in [2.05, 4.69) is 5.32 Å². The van der Waals surface area contributed by atoms with E-state index in [0.717, 1.165) is 5.56 Å². The lowest BCUT2D eigenvalue weighted by atomic mass is 10.1. The molecule has 0 radical (unpaired) electrons. The standard InChI is InChI=1S/C16H15Cl2NO3/c1-10(20)11-3-2-4-13(7-11)19-16(21)9-22-15-6-5-12(17)8-14(15)18/h2-8,10,20H,9H2,1H3,(H,19,21)/t10-/m1/s1. The van der Waals surface area contributed by atoms with E-state index in [1.807, 2.05) is 0 Å². The zero-order valence-corrected chi connectivity index (χ0v) is 13.4. The molecule has 0 spiro atoms. The van der Waals surface area contributed by atoms with E-state index >= 15 is 0 Å². The van der Waals surface area contributed by atoms with Crippen molar-refractivity contribution >= 4 is 34.8 Å². The molecular formula is C16H15Cl2NO3. The Hall–Kier alpha value is -1.75. The van der Waals surface area contributed by atoms with Crippen molar-refractivity contribution in [3.8, 4) is 5.75 Å². The number of benzene rings is 2. The van der Waals surface area contributed by atoms with Gasteiger partial charge in [-0.2, -0.15) is 0 Å². The molecule has 2 aromatic rings. The number of rotatable bonds is 5. The Kier molecular flexibility index (Phi) is 5.66. The second-order valence-electron chi connectivity index (χ2n) is 4.71. The van der Waals surface area contributed by atoms with Crippen LogP contribution in [0.15, 0.2) is 42.5 Å². The highest BCUT2D eigenvalue weighted by molar-refractivity contribution is 6.35. The third-order valence-corrected chi connectivity index (χ3v) is 3.44. The normalized spacial score (nSPS) is 11.8. The van der Waals surface area contributed by atoms with E-state index in [1.54, 1.807) is 49.4 Å². The van der Waals surface area contributed by atoms with Crippen molar-refractivity contribution in [2.75, 3.05) is 11.9 Å². The molecule has 2 rings (SSSR count). The maximum Gasteiger partial charge on any atom is 0.262 e. The summed E-state index contributed by atoms with van der Waals surface area (Å²) in [5.41, 5.74) is 1.31. The Labute approximate surface area is 138 Å². The van der Waals surface area contributed by atoms with Crippen LogP contribution in [0.1, 0.15) is 18.6 Å². The van der Waals surface area contributed by atoms with Gasteiger partial charge in [0.2, 0.25) is 0 Å². The van der Waals surface area contributed by atoms with Crippen LogP contribution in [0.25, 0.3) is 0 Å². The summed E-state index contributed by atoms with van der Waals surface area (Å²) in [5, 5.41) is 13.1. The highest BCUT2D eigenvalue weighted by Crippen LogP contribution is 2.27. The van der Waals surface area contributed by atoms with E-state index in [4.69, 9.17) is 27.9 Å². The van der Waals surface area contributed by atoms with Crippen LogP contribution >= 0.6 is 23.2 Å². The van der Waals surface area contributed by atoms with Gasteiger partial charge in [0.15, 0.2) is 6.61 Å². The highest BCUT2D eigenvalue weighted by atomic mass is 35.5. The minimum Gasteiger partial charge on any atom is -0.482 e. The van der Waals surface area contributed by atoms with Crippen LogP contribution in [0.5, 0.6) is 5.75 Å². The van der Waals surface area contributed by atoms with Gasteiger partial charge in [0.1, 0.15) is 5.75 Å². The minimum atomic E-state index is -0.596. The largest absolute Gasteiger partial charge is 0.482 e. The van der Waals surface area contributed by atoms with Crippen molar-refractivity contribution in [3.05, 3.63) is 58.1 Å². The lowest BCUT2D eigenvalue weighted by Gasteiger charge is -2.10. The number of carbonyl (C=O) groups excluding carboxylic acids is 1. The molecule has 0 bridgehead atoms. The molecule has 0 unspecified atom stereocenters. The number of halogens is 2. The number of anilines is 1. The van der Waals surface area contributed by atoms with Gasteiger partial charge in [-0.1, -0.05) is 35.3 Å². The third kappa shape index (κ3) is 4.63. The fraction of sp³-hybridized carbons (Fsp3) is 0.188. The SMILES string of the molecule is C[C@@H](O)c1cccc(NC(=O)COc2ccc(Cl)cc2Cl)c1. The molecule has 6 heteroatoms. The van der Waals surface area contributed by atoms with E-state index < -0.39 is 6.10 Å². The summed E-state index contributed by atoms with van der Waals surface area (Å²) in [5.74, 6) is 0.0627. The van der Waals surface area contributed by atoms with Crippen molar-refractivity contribution in [1.82, 2.24) is 0 Å². The number of hydrogen-bond donors (Lipinski definition) is 2. The summed E-state index contributed by atoms with van der Waals surface area (Å²) < 4.78 is 5.35. The number of aliphatic hydroxyl groups excluding tert-OH is 1. The van der Waals surface area contributed by atoms with Gasteiger partial charge in [-0.3, -0.25) is 4.79 Å². The topological polar surface area (TPSA) is 58.6 Å². The van der Waals surface area contributed by atoms with Crippen molar-refractivity contribution in [2.45, 2.75) is 13.0 Å². The molecule has 1 amide bonds. The highest BCUT2D eigenvalue weighted by Gasteiger charge is 2.08.